The van der Waals surface area contributed by atoms with Crippen LogP contribution in [0.25, 0.3) is 0 Å². The zero-order valence-electron chi connectivity index (χ0n) is 15.5. The molecule has 0 bridgehead atoms. The lowest BCUT2D eigenvalue weighted by molar-refractivity contribution is -0.125. The van der Waals surface area contributed by atoms with Gasteiger partial charge in [0.15, 0.2) is 5.17 Å². The molecular formula is C19H24N4O2S. The van der Waals surface area contributed by atoms with Gasteiger partial charge in [-0.3, -0.25) is 14.6 Å². The molecular weight excluding hydrogens is 348 g/mol. The second-order valence-corrected chi connectivity index (χ2v) is 8.14. The number of carbonyl (C=O) groups is 2. The van der Waals surface area contributed by atoms with Crippen LogP contribution in [0.5, 0.6) is 0 Å². The lowest BCUT2D eigenvalue weighted by atomic mass is 10.0. The first kappa shape index (κ1) is 18.6. The van der Waals surface area contributed by atoms with Crippen molar-refractivity contribution in [2.75, 3.05) is 5.75 Å². The fourth-order valence-corrected chi connectivity index (χ4v) is 3.80. The van der Waals surface area contributed by atoms with Crippen LogP contribution in [0.15, 0.2) is 34.3 Å². The molecule has 1 N–H and O–H groups in total. The van der Waals surface area contributed by atoms with Gasteiger partial charge < -0.3 is 5.32 Å². The van der Waals surface area contributed by atoms with E-state index in [-0.39, 0.29) is 29.7 Å². The van der Waals surface area contributed by atoms with Crippen molar-refractivity contribution in [1.29, 1.82) is 0 Å². The molecule has 0 saturated heterocycles. The minimum Gasteiger partial charge on any atom is -0.353 e. The molecule has 1 aromatic rings. The van der Waals surface area contributed by atoms with Crippen LogP contribution in [-0.2, 0) is 9.59 Å². The highest BCUT2D eigenvalue weighted by molar-refractivity contribution is 8.14. The zero-order valence-corrected chi connectivity index (χ0v) is 16.3. The Kier molecular flexibility index (Phi) is 5.46. The number of thioether (sulfide) groups is 1. The second-order valence-electron chi connectivity index (χ2n) is 7.19. The number of aliphatic imine (C=N–C) groups is 2. The molecule has 3 rings (SSSR count). The SMILES string of the molecule is CC(C)C[C@H]1N=C2c3ccccc3N=C(SCC(=O)NC(C)C)N2C1=O. The van der Waals surface area contributed by atoms with E-state index in [1.165, 1.54) is 11.8 Å². The molecule has 0 aliphatic carbocycles. The van der Waals surface area contributed by atoms with Gasteiger partial charge in [0.05, 0.1) is 11.4 Å². The molecule has 0 spiro atoms. The Labute approximate surface area is 158 Å². The molecule has 0 saturated carbocycles. The Morgan fingerprint density at radius 3 is 2.69 bits per heavy atom. The molecule has 2 aliphatic rings. The molecule has 6 nitrogen and oxygen atoms in total. The summed E-state index contributed by atoms with van der Waals surface area (Å²) in [7, 11) is 0. The fourth-order valence-electron chi connectivity index (χ4n) is 2.99. The van der Waals surface area contributed by atoms with E-state index in [1.807, 2.05) is 38.1 Å². The second kappa shape index (κ2) is 7.61. The highest BCUT2D eigenvalue weighted by atomic mass is 32.2. The van der Waals surface area contributed by atoms with Crippen molar-refractivity contribution in [3.05, 3.63) is 29.8 Å². The van der Waals surface area contributed by atoms with Crippen molar-refractivity contribution in [3.63, 3.8) is 0 Å². The maximum absolute atomic E-state index is 12.9. The molecule has 2 heterocycles. The van der Waals surface area contributed by atoms with Gasteiger partial charge in [0, 0.05) is 11.6 Å². The van der Waals surface area contributed by atoms with Crippen LogP contribution in [0.2, 0.25) is 0 Å². The van der Waals surface area contributed by atoms with Crippen LogP contribution < -0.4 is 5.32 Å². The summed E-state index contributed by atoms with van der Waals surface area (Å²) in [4.78, 5) is 35.8. The predicted molar refractivity (Wildman–Crippen MR) is 106 cm³/mol. The highest BCUT2D eigenvalue weighted by Crippen LogP contribution is 2.34. The topological polar surface area (TPSA) is 74.1 Å². The van der Waals surface area contributed by atoms with Crippen LogP contribution in [0.3, 0.4) is 0 Å². The van der Waals surface area contributed by atoms with Gasteiger partial charge in [-0.05, 0) is 38.3 Å². The largest absolute Gasteiger partial charge is 0.353 e. The highest BCUT2D eigenvalue weighted by Gasteiger charge is 2.41. The van der Waals surface area contributed by atoms with E-state index in [4.69, 9.17) is 4.99 Å². The van der Waals surface area contributed by atoms with E-state index < -0.39 is 0 Å². The Bertz CT molecular complexity index is 785. The molecule has 2 amide bonds. The quantitative estimate of drug-likeness (QED) is 0.863. The lowest BCUT2D eigenvalue weighted by Crippen LogP contribution is -2.42. The van der Waals surface area contributed by atoms with Gasteiger partial charge in [0.25, 0.3) is 5.91 Å². The number of para-hydroxylation sites is 1. The van der Waals surface area contributed by atoms with Gasteiger partial charge in [0.1, 0.15) is 11.9 Å². The van der Waals surface area contributed by atoms with E-state index >= 15 is 0 Å². The fraction of sp³-hybridized carbons (Fsp3) is 0.474. The summed E-state index contributed by atoms with van der Waals surface area (Å²) in [6.07, 6.45) is 0.701. The minimum absolute atomic E-state index is 0.0567. The third kappa shape index (κ3) is 3.82. The van der Waals surface area contributed by atoms with Gasteiger partial charge in [0.2, 0.25) is 5.91 Å². The number of carbonyl (C=O) groups excluding carboxylic acids is 2. The summed E-state index contributed by atoms with van der Waals surface area (Å²) < 4.78 is 0. The Morgan fingerprint density at radius 2 is 2.00 bits per heavy atom. The van der Waals surface area contributed by atoms with E-state index in [0.717, 1.165) is 11.3 Å². The predicted octanol–water partition coefficient (Wildman–Crippen LogP) is 2.95. The summed E-state index contributed by atoms with van der Waals surface area (Å²) in [6.45, 7) is 8.00. The van der Waals surface area contributed by atoms with Crippen LogP contribution in [0, 0.1) is 5.92 Å². The van der Waals surface area contributed by atoms with E-state index in [9.17, 15) is 9.59 Å². The van der Waals surface area contributed by atoms with Crippen LogP contribution >= 0.6 is 11.8 Å². The standard InChI is InChI=1S/C19H24N4O2S/c1-11(2)9-15-18(25)23-17(21-15)13-7-5-6-8-14(13)22-19(23)26-10-16(24)20-12(3)4/h5-8,11-12,15H,9-10H2,1-4H3,(H,20,24)/t15-/m1/s1. The van der Waals surface area contributed by atoms with Crippen molar-refractivity contribution in [2.24, 2.45) is 15.9 Å². The summed E-state index contributed by atoms with van der Waals surface area (Å²) in [5.41, 5.74) is 1.65. The molecule has 0 unspecified atom stereocenters. The molecule has 0 aromatic heterocycles. The maximum atomic E-state index is 12.9. The van der Waals surface area contributed by atoms with Gasteiger partial charge in [-0.15, -0.1) is 0 Å². The maximum Gasteiger partial charge on any atom is 0.259 e. The summed E-state index contributed by atoms with van der Waals surface area (Å²) >= 11 is 1.27. The molecule has 0 radical (unpaired) electrons. The van der Waals surface area contributed by atoms with Crippen LogP contribution in [0.1, 0.15) is 39.7 Å². The van der Waals surface area contributed by atoms with Crippen molar-refractivity contribution in [1.82, 2.24) is 10.2 Å². The van der Waals surface area contributed by atoms with Gasteiger partial charge in [-0.2, -0.15) is 0 Å². The van der Waals surface area contributed by atoms with Gasteiger partial charge in [-0.25, -0.2) is 9.89 Å². The third-order valence-corrected chi connectivity index (χ3v) is 4.96. The third-order valence-electron chi connectivity index (χ3n) is 4.02. The number of amides is 2. The summed E-state index contributed by atoms with van der Waals surface area (Å²) in [6, 6.07) is 7.37. The molecule has 7 heteroatoms. The number of rotatable bonds is 5. The van der Waals surface area contributed by atoms with Crippen LogP contribution in [-0.4, -0.2) is 45.6 Å². The smallest absolute Gasteiger partial charge is 0.259 e. The van der Waals surface area contributed by atoms with E-state index in [1.54, 1.807) is 4.90 Å². The van der Waals surface area contributed by atoms with Gasteiger partial charge >= 0.3 is 0 Å². The number of hydrogen-bond donors (Lipinski definition) is 1. The lowest BCUT2D eigenvalue weighted by Gasteiger charge is -2.25. The first-order valence-electron chi connectivity index (χ1n) is 8.89. The average molecular weight is 372 g/mol. The first-order valence-corrected chi connectivity index (χ1v) is 9.87. The van der Waals surface area contributed by atoms with Crippen molar-refractivity contribution < 1.29 is 9.59 Å². The number of fused-ring (bicyclic) bond motifs is 3. The minimum atomic E-state index is -0.383. The Balaban J connectivity index is 1.88. The number of nitrogens with one attached hydrogen (secondary N) is 1. The van der Waals surface area contributed by atoms with E-state index in [0.29, 0.717) is 23.3 Å². The number of nitrogens with zero attached hydrogens (tertiary/aromatic N) is 3. The molecule has 1 atom stereocenters. The van der Waals surface area contributed by atoms with E-state index in [2.05, 4.69) is 24.2 Å². The normalized spacial score (nSPS) is 18.6. The molecule has 2 aliphatic heterocycles. The Hall–Kier alpha value is -2.15. The van der Waals surface area contributed by atoms with Gasteiger partial charge in [-0.1, -0.05) is 37.7 Å². The Morgan fingerprint density at radius 1 is 1.27 bits per heavy atom. The van der Waals surface area contributed by atoms with Crippen LogP contribution in [0.4, 0.5) is 5.69 Å². The molecule has 1 aromatic carbocycles. The number of hydrogen-bond acceptors (Lipinski definition) is 5. The van der Waals surface area contributed by atoms with Crippen molar-refractivity contribution in [3.8, 4) is 0 Å². The summed E-state index contributed by atoms with van der Waals surface area (Å²) in [5, 5.41) is 3.38. The molecule has 138 valence electrons. The monoisotopic (exact) mass is 372 g/mol. The molecule has 0 fully saturated rings. The number of benzene rings is 1. The number of amidine groups is 2. The van der Waals surface area contributed by atoms with Crippen molar-refractivity contribution >= 4 is 40.3 Å². The average Bonchev–Trinajstić information content (AvgIpc) is 2.89. The van der Waals surface area contributed by atoms with Crippen molar-refractivity contribution in [2.45, 2.75) is 46.2 Å². The zero-order chi connectivity index (χ0) is 18.8. The molecule has 26 heavy (non-hydrogen) atoms. The first-order chi connectivity index (χ1) is 12.4. The summed E-state index contributed by atoms with van der Waals surface area (Å²) in [5.74, 6) is 1.10.